The van der Waals surface area contributed by atoms with Gasteiger partial charge in [0, 0.05) is 44.9 Å². The first-order chi connectivity index (χ1) is 12.3. The number of hydrogen-bond acceptors (Lipinski definition) is 3. The van der Waals surface area contributed by atoms with Gasteiger partial charge in [-0.25, -0.2) is 0 Å². The second kappa shape index (κ2) is 11.0. The predicted octanol–water partition coefficient (Wildman–Crippen LogP) is 2.99. The van der Waals surface area contributed by atoms with E-state index < -0.39 is 0 Å². The van der Waals surface area contributed by atoms with Crippen molar-refractivity contribution in [2.24, 2.45) is 4.99 Å². The van der Waals surface area contributed by atoms with E-state index >= 15 is 0 Å². The van der Waals surface area contributed by atoms with Crippen LogP contribution >= 0.6 is 35.7 Å². The van der Waals surface area contributed by atoms with Crippen LogP contribution < -0.4 is 10.6 Å². The Labute approximate surface area is 177 Å². The van der Waals surface area contributed by atoms with Crippen LogP contribution in [0.3, 0.4) is 0 Å². The number of rotatable bonds is 5. The van der Waals surface area contributed by atoms with Gasteiger partial charge in [-0.1, -0.05) is 24.3 Å². The Hall–Kier alpha value is -0.960. The number of carbonyl (C=O) groups is 1. The molecule has 2 N–H and O–H groups in total. The Kier molecular flexibility index (Phi) is 9.04. The van der Waals surface area contributed by atoms with E-state index in [9.17, 15) is 4.79 Å². The Morgan fingerprint density at radius 3 is 2.65 bits per heavy atom. The van der Waals surface area contributed by atoms with Crippen molar-refractivity contribution in [1.29, 1.82) is 0 Å². The molecule has 144 valence electrons. The van der Waals surface area contributed by atoms with E-state index in [2.05, 4.69) is 27.8 Å². The molecule has 26 heavy (non-hydrogen) atoms. The van der Waals surface area contributed by atoms with Gasteiger partial charge >= 0.3 is 0 Å². The zero-order valence-electron chi connectivity index (χ0n) is 15.4. The summed E-state index contributed by atoms with van der Waals surface area (Å²) in [5.74, 6) is 3.51. The number of benzene rings is 1. The summed E-state index contributed by atoms with van der Waals surface area (Å²) in [7, 11) is 1.80. The van der Waals surface area contributed by atoms with Gasteiger partial charge in [0.25, 0.3) is 0 Å². The number of nitrogens with zero attached hydrogens (tertiary/aromatic N) is 2. The Bertz CT molecular complexity index is 594. The number of fused-ring (bicyclic) bond motifs is 1. The molecule has 0 aliphatic carbocycles. The third-order valence-electron chi connectivity index (χ3n) is 4.78. The number of amides is 1. The van der Waals surface area contributed by atoms with Gasteiger partial charge in [0.1, 0.15) is 0 Å². The van der Waals surface area contributed by atoms with Crippen molar-refractivity contribution < 1.29 is 4.79 Å². The number of aliphatic imine (C=N–C) groups is 1. The van der Waals surface area contributed by atoms with Crippen molar-refractivity contribution in [3.8, 4) is 0 Å². The van der Waals surface area contributed by atoms with Crippen molar-refractivity contribution in [2.75, 3.05) is 25.1 Å². The minimum atomic E-state index is 0. The van der Waals surface area contributed by atoms with Crippen LogP contribution in [0, 0.1) is 0 Å². The number of hydrogen-bond donors (Lipinski definition) is 2. The maximum Gasteiger partial charge on any atom is 0.223 e. The fourth-order valence-corrected chi connectivity index (χ4v) is 4.43. The molecule has 1 aromatic carbocycles. The molecular weight excluding hydrogens is 459 g/mol. The molecule has 1 aromatic rings. The van der Waals surface area contributed by atoms with E-state index in [0.717, 1.165) is 37.8 Å². The highest BCUT2D eigenvalue weighted by molar-refractivity contribution is 14.0. The molecule has 7 heteroatoms. The number of carbonyl (C=O) groups excluding carboxylic acids is 1. The molecule has 1 amide bonds. The van der Waals surface area contributed by atoms with E-state index in [4.69, 9.17) is 0 Å². The first-order valence-electron chi connectivity index (χ1n) is 9.16. The molecule has 1 saturated heterocycles. The van der Waals surface area contributed by atoms with Crippen LogP contribution in [0.25, 0.3) is 0 Å². The second-order valence-electron chi connectivity index (χ2n) is 6.68. The molecule has 1 atom stereocenters. The number of nitrogens with one attached hydrogen (secondary N) is 2. The lowest BCUT2D eigenvalue weighted by Gasteiger charge is -2.24. The van der Waals surface area contributed by atoms with Crippen molar-refractivity contribution in [2.45, 2.75) is 44.8 Å². The van der Waals surface area contributed by atoms with Crippen molar-refractivity contribution in [3.05, 3.63) is 35.4 Å². The number of thioether (sulfide) groups is 1. The molecule has 2 aliphatic heterocycles. The van der Waals surface area contributed by atoms with Crippen molar-refractivity contribution >= 4 is 47.6 Å². The van der Waals surface area contributed by atoms with Crippen LogP contribution in [0.2, 0.25) is 0 Å². The average molecular weight is 488 g/mol. The molecule has 1 unspecified atom stereocenters. The van der Waals surface area contributed by atoms with E-state index in [1.807, 2.05) is 28.8 Å². The first kappa shape index (κ1) is 21.3. The Morgan fingerprint density at radius 2 is 2.04 bits per heavy atom. The van der Waals surface area contributed by atoms with Crippen LogP contribution in [-0.4, -0.2) is 47.9 Å². The molecule has 0 aromatic heterocycles. The number of halogens is 1. The zero-order valence-corrected chi connectivity index (χ0v) is 18.5. The largest absolute Gasteiger partial charge is 0.356 e. The molecule has 5 nitrogen and oxygen atoms in total. The summed E-state index contributed by atoms with van der Waals surface area (Å²) < 4.78 is 0. The summed E-state index contributed by atoms with van der Waals surface area (Å²) in [5, 5.41) is 6.82. The lowest BCUT2D eigenvalue weighted by molar-refractivity contribution is -0.131. The highest BCUT2D eigenvalue weighted by Gasteiger charge is 2.22. The molecule has 2 heterocycles. The predicted molar refractivity (Wildman–Crippen MR) is 120 cm³/mol. The average Bonchev–Trinajstić information content (AvgIpc) is 3.09. The van der Waals surface area contributed by atoms with Crippen LogP contribution in [0.1, 0.15) is 36.8 Å². The fraction of sp³-hybridized carbons (Fsp3) is 0.579. The van der Waals surface area contributed by atoms with Crippen molar-refractivity contribution in [3.63, 3.8) is 0 Å². The van der Waals surface area contributed by atoms with E-state index in [1.165, 1.54) is 29.7 Å². The highest BCUT2D eigenvalue weighted by Crippen LogP contribution is 2.22. The lowest BCUT2D eigenvalue weighted by Crippen LogP contribution is -2.45. The molecule has 0 spiro atoms. The van der Waals surface area contributed by atoms with E-state index in [-0.39, 0.29) is 29.9 Å². The van der Waals surface area contributed by atoms with Gasteiger partial charge in [0.2, 0.25) is 5.91 Å². The second-order valence-corrected chi connectivity index (χ2v) is 7.83. The SMILES string of the molecule is CN=C(NCCCC(=O)N1Cc2ccccc2C1)NC1CCCSC1.I. The molecular formula is C19H29IN4OS. The maximum absolute atomic E-state index is 12.4. The van der Waals surface area contributed by atoms with Gasteiger partial charge in [-0.3, -0.25) is 9.79 Å². The standard InChI is InChI=1S/C19H28N4OS.HI/c1-20-19(22-17-8-5-11-25-14-17)21-10-4-9-18(24)23-12-15-6-2-3-7-16(15)13-23;/h2-3,6-7,17H,4-5,8-14H2,1H3,(H2,20,21,22);1H. The first-order valence-corrected chi connectivity index (χ1v) is 10.3. The molecule has 2 aliphatic rings. The molecule has 3 rings (SSSR count). The summed E-state index contributed by atoms with van der Waals surface area (Å²) in [6, 6.07) is 8.82. The van der Waals surface area contributed by atoms with E-state index in [0.29, 0.717) is 12.5 Å². The fourth-order valence-electron chi connectivity index (χ4n) is 3.36. The van der Waals surface area contributed by atoms with Crippen LogP contribution in [0.4, 0.5) is 0 Å². The topological polar surface area (TPSA) is 56.7 Å². The summed E-state index contributed by atoms with van der Waals surface area (Å²) in [4.78, 5) is 18.6. The van der Waals surface area contributed by atoms with Gasteiger partial charge in [-0.2, -0.15) is 11.8 Å². The third-order valence-corrected chi connectivity index (χ3v) is 5.99. The van der Waals surface area contributed by atoms with Crippen LogP contribution in [0.5, 0.6) is 0 Å². The highest BCUT2D eigenvalue weighted by atomic mass is 127. The van der Waals surface area contributed by atoms with Gasteiger partial charge in [0.15, 0.2) is 5.96 Å². The van der Waals surface area contributed by atoms with Crippen molar-refractivity contribution in [1.82, 2.24) is 15.5 Å². The zero-order chi connectivity index (χ0) is 17.5. The van der Waals surface area contributed by atoms with Crippen LogP contribution in [-0.2, 0) is 17.9 Å². The number of guanidine groups is 1. The van der Waals surface area contributed by atoms with Gasteiger partial charge in [-0.05, 0) is 36.1 Å². The Balaban J connectivity index is 0.00000243. The minimum Gasteiger partial charge on any atom is -0.356 e. The third kappa shape index (κ3) is 6.04. The quantitative estimate of drug-likeness (QED) is 0.290. The minimum absolute atomic E-state index is 0. The summed E-state index contributed by atoms with van der Waals surface area (Å²) in [5.41, 5.74) is 2.56. The van der Waals surface area contributed by atoms with Crippen LogP contribution in [0.15, 0.2) is 29.3 Å². The summed E-state index contributed by atoms with van der Waals surface area (Å²) in [6.07, 6.45) is 3.89. The summed E-state index contributed by atoms with van der Waals surface area (Å²) in [6.45, 7) is 2.28. The monoisotopic (exact) mass is 488 g/mol. The Morgan fingerprint density at radius 1 is 1.31 bits per heavy atom. The van der Waals surface area contributed by atoms with E-state index in [1.54, 1.807) is 7.05 Å². The smallest absolute Gasteiger partial charge is 0.223 e. The molecule has 0 bridgehead atoms. The molecule has 0 radical (unpaired) electrons. The lowest BCUT2D eigenvalue weighted by atomic mass is 10.1. The molecule has 0 saturated carbocycles. The van der Waals surface area contributed by atoms with Gasteiger partial charge < -0.3 is 15.5 Å². The normalized spacial score (nSPS) is 19.5. The van der Waals surface area contributed by atoms with Gasteiger partial charge in [0.05, 0.1) is 0 Å². The molecule has 1 fully saturated rings. The maximum atomic E-state index is 12.4. The van der Waals surface area contributed by atoms with Gasteiger partial charge in [-0.15, -0.1) is 24.0 Å². The summed E-state index contributed by atoms with van der Waals surface area (Å²) >= 11 is 2.00.